The van der Waals surface area contributed by atoms with E-state index in [2.05, 4.69) is 70.2 Å². The van der Waals surface area contributed by atoms with Gasteiger partial charge in [0.15, 0.2) is 34.9 Å². The molecule has 0 aliphatic heterocycles. The lowest BCUT2D eigenvalue weighted by atomic mass is 10.0. The Bertz CT molecular complexity index is 3220. The molecular formula is C53H34N8. The molecule has 286 valence electrons. The second kappa shape index (κ2) is 15.4. The van der Waals surface area contributed by atoms with Crippen molar-refractivity contribution in [1.29, 1.82) is 0 Å². The summed E-state index contributed by atoms with van der Waals surface area (Å²) in [5.74, 6) is 3.59. The van der Waals surface area contributed by atoms with E-state index in [1.807, 2.05) is 146 Å². The first-order chi connectivity index (χ1) is 30.2. The van der Waals surface area contributed by atoms with Crippen molar-refractivity contribution in [3.05, 3.63) is 207 Å². The molecule has 0 aliphatic carbocycles. The maximum Gasteiger partial charge on any atom is 0.166 e. The number of para-hydroxylation sites is 1. The van der Waals surface area contributed by atoms with Crippen LogP contribution in [0.3, 0.4) is 0 Å². The minimum Gasteiger partial charge on any atom is -0.309 e. The Morgan fingerprint density at radius 1 is 0.279 bits per heavy atom. The van der Waals surface area contributed by atoms with Crippen molar-refractivity contribution >= 4 is 21.8 Å². The molecule has 11 aromatic rings. The molecule has 61 heavy (non-hydrogen) atoms. The molecule has 0 N–H and O–H groups in total. The van der Waals surface area contributed by atoms with Gasteiger partial charge in [-0.2, -0.15) is 0 Å². The summed E-state index contributed by atoms with van der Waals surface area (Å²) < 4.78 is 2.31. The number of hydrogen-bond donors (Lipinski definition) is 0. The Balaban J connectivity index is 1.14. The standard InChI is InChI=1S/C53H34N8/c1-5-15-36(16-6-1)48-55-49(37-17-7-2-8-18-37)58-52(57-48)41-26-28-46-43(34-41)42-23-13-14-24-45(42)61(46)47-27-25-40(35-29-31-54-32-30-35)33-44(47)53-59-50(38-19-9-3-10-20-38)56-51(60-53)39-21-11-4-12-22-39/h1-34H. The Kier molecular flexibility index (Phi) is 8.98. The lowest BCUT2D eigenvalue weighted by molar-refractivity contribution is 1.06. The van der Waals surface area contributed by atoms with Gasteiger partial charge in [0.05, 0.1) is 16.7 Å². The smallest absolute Gasteiger partial charge is 0.166 e. The Labute approximate surface area is 351 Å². The monoisotopic (exact) mass is 782 g/mol. The summed E-state index contributed by atoms with van der Waals surface area (Å²) in [4.78, 5) is 34.8. The fourth-order valence-corrected chi connectivity index (χ4v) is 7.87. The Morgan fingerprint density at radius 3 is 1.23 bits per heavy atom. The number of benzene rings is 7. The van der Waals surface area contributed by atoms with Crippen LogP contribution < -0.4 is 0 Å². The quantitative estimate of drug-likeness (QED) is 0.151. The van der Waals surface area contributed by atoms with Crippen LogP contribution in [-0.4, -0.2) is 39.5 Å². The third kappa shape index (κ3) is 6.78. The largest absolute Gasteiger partial charge is 0.309 e. The average molecular weight is 783 g/mol. The van der Waals surface area contributed by atoms with Crippen molar-refractivity contribution in [2.24, 2.45) is 0 Å². The number of hydrogen-bond acceptors (Lipinski definition) is 7. The van der Waals surface area contributed by atoms with Gasteiger partial charge in [0.1, 0.15) is 0 Å². The van der Waals surface area contributed by atoms with Crippen molar-refractivity contribution in [1.82, 2.24) is 39.5 Å². The summed E-state index contributed by atoms with van der Waals surface area (Å²) >= 11 is 0. The summed E-state index contributed by atoms with van der Waals surface area (Å²) in [7, 11) is 0. The van der Waals surface area contributed by atoms with Crippen LogP contribution in [0, 0.1) is 0 Å². The van der Waals surface area contributed by atoms with E-state index < -0.39 is 0 Å². The predicted molar refractivity (Wildman–Crippen MR) is 243 cm³/mol. The lowest BCUT2D eigenvalue weighted by Crippen LogP contribution is -2.04. The minimum absolute atomic E-state index is 0.563. The molecule has 0 saturated heterocycles. The van der Waals surface area contributed by atoms with Gasteiger partial charge in [-0.05, 0) is 59.7 Å². The van der Waals surface area contributed by atoms with Crippen molar-refractivity contribution in [3.63, 3.8) is 0 Å². The molecule has 0 amide bonds. The summed E-state index contributed by atoms with van der Waals surface area (Å²) in [5.41, 5.74) is 10.5. The highest BCUT2D eigenvalue weighted by atomic mass is 15.1. The molecule has 0 aliphatic rings. The number of aromatic nitrogens is 8. The topological polar surface area (TPSA) is 95.2 Å². The summed E-state index contributed by atoms with van der Waals surface area (Å²) in [5, 5.41) is 2.15. The second-order valence-corrected chi connectivity index (χ2v) is 14.6. The number of rotatable bonds is 8. The summed E-state index contributed by atoms with van der Waals surface area (Å²) in [6.07, 6.45) is 3.63. The third-order valence-corrected chi connectivity index (χ3v) is 10.8. The molecular weight excluding hydrogens is 749 g/mol. The van der Waals surface area contributed by atoms with Crippen LogP contribution in [0.4, 0.5) is 0 Å². The number of fused-ring (bicyclic) bond motifs is 3. The highest BCUT2D eigenvalue weighted by Gasteiger charge is 2.21. The zero-order chi connectivity index (χ0) is 40.5. The second-order valence-electron chi connectivity index (χ2n) is 14.6. The molecule has 8 heteroatoms. The van der Waals surface area contributed by atoms with Crippen LogP contribution in [0.25, 0.3) is 107 Å². The molecule has 0 atom stereocenters. The van der Waals surface area contributed by atoms with Crippen LogP contribution in [0.15, 0.2) is 207 Å². The van der Waals surface area contributed by atoms with Crippen molar-refractivity contribution in [2.75, 3.05) is 0 Å². The lowest BCUT2D eigenvalue weighted by Gasteiger charge is -2.16. The van der Waals surface area contributed by atoms with E-state index in [-0.39, 0.29) is 0 Å². The normalized spacial score (nSPS) is 11.3. The highest BCUT2D eigenvalue weighted by Crippen LogP contribution is 2.39. The Hall–Kier alpha value is -8.49. The molecule has 0 spiro atoms. The van der Waals surface area contributed by atoms with Crippen LogP contribution in [0.2, 0.25) is 0 Å². The SMILES string of the molecule is c1ccc(-c2nc(-c3ccccc3)nc(-c3ccc4c(c3)c3ccccc3n4-c3ccc(-c4ccncc4)cc3-c3nc(-c4ccccc4)nc(-c4ccccc4)n3)n2)cc1. The first-order valence-electron chi connectivity index (χ1n) is 20.1. The van der Waals surface area contributed by atoms with E-state index in [0.29, 0.717) is 34.9 Å². The first-order valence-corrected chi connectivity index (χ1v) is 20.1. The van der Waals surface area contributed by atoms with Gasteiger partial charge in [-0.15, -0.1) is 0 Å². The van der Waals surface area contributed by atoms with E-state index in [4.69, 9.17) is 29.9 Å². The first kappa shape index (κ1) is 35.7. The molecule has 7 aromatic carbocycles. The molecule has 0 radical (unpaired) electrons. The number of nitrogens with zero attached hydrogens (tertiary/aromatic N) is 8. The molecule has 0 saturated carbocycles. The molecule has 4 aromatic heterocycles. The van der Waals surface area contributed by atoms with Gasteiger partial charge in [-0.3, -0.25) is 4.98 Å². The van der Waals surface area contributed by atoms with Crippen LogP contribution in [0.1, 0.15) is 0 Å². The fourth-order valence-electron chi connectivity index (χ4n) is 7.87. The maximum absolute atomic E-state index is 5.21. The van der Waals surface area contributed by atoms with Gasteiger partial charge >= 0.3 is 0 Å². The van der Waals surface area contributed by atoms with Crippen LogP contribution in [-0.2, 0) is 0 Å². The third-order valence-electron chi connectivity index (χ3n) is 10.8. The van der Waals surface area contributed by atoms with E-state index in [1.165, 1.54) is 0 Å². The van der Waals surface area contributed by atoms with Crippen molar-refractivity contribution in [3.8, 4) is 85.1 Å². The molecule has 11 rings (SSSR count). The fraction of sp³-hybridized carbons (Fsp3) is 0. The van der Waals surface area contributed by atoms with E-state index in [1.54, 1.807) is 0 Å². The molecule has 0 bridgehead atoms. The Morgan fingerprint density at radius 2 is 0.705 bits per heavy atom. The van der Waals surface area contributed by atoms with E-state index in [9.17, 15) is 0 Å². The van der Waals surface area contributed by atoms with E-state index >= 15 is 0 Å². The molecule has 0 unspecified atom stereocenters. The summed E-state index contributed by atoms with van der Waals surface area (Å²) in [6.45, 7) is 0. The van der Waals surface area contributed by atoms with E-state index in [0.717, 1.165) is 72.0 Å². The van der Waals surface area contributed by atoms with Gasteiger partial charge in [0, 0.05) is 56.5 Å². The van der Waals surface area contributed by atoms with Gasteiger partial charge in [-0.25, -0.2) is 29.9 Å². The predicted octanol–water partition coefficient (Wildman–Crippen LogP) is 12.2. The van der Waals surface area contributed by atoms with Crippen LogP contribution >= 0.6 is 0 Å². The number of pyridine rings is 1. The average Bonchev–Trinajstić information content (AvgIpc) is 3.68. The molecule has 8 nitrogen and oxygen atoms in total. The zero-order valence-corrected chi connectivity index (χ0v) is 32.7. The highest BCUT2D eigenvalue weighted by molar-refractivity contribution is 6.11. The maximum atomic E-state index is 5.21. The molecule has 4 heterocycles. The van der Waals surface area contributed by atoms with Gasteiger partial charge in [0.25, 0.3) is 0 Å². The van der Waals surface area contributed by atoms with Crippen molar-refractivity contribution < 1.29 is 0 Å². The van der Waals surface area contributed by atoms with Crippen molar-refractivity contribution in [2.45, 2.75) is 0 Å². The zero-order valence-electron chi connectivity index (χ0n) is 32.7. The van der Waals surface area contributed by atoms with Gasteiger partial charge in [0.2, 0.25) is 0 Å². The van der Waals surface area contributed by atoms with Gasteiger partial charge in [-0.1, -0.05) is 146 Å². The van der Waals surface area contributed by atoms with Gasteiger partial charge < -0.3 is 4.57 Å². The minimum atomic E-state index is 0.563. The molecule has 0 fully saturated rings. The van der Waals surface area contributed by atoms with Crippen LogP contribution in [0.5, 0.6) is 0 Å². The summed E-state index contributed by atoms with van der Waals surface area (Å²) in [6, 6.07) is 65.8.